The fraction of sp³-hybridized carbons (Fsp3) is 0.846. The highest BCUT2D eigenvalue weighted by molar-refractivity contribution is 5.89. The molecule has 0 aliphatic heterocycles. The average molecular weight is 206 g/mol. The molecule has 1 aliphatic rings. The predicted octanol–water partition coefficient (Wildman–Crippen LogP) is 3.72. The topological polar surface area (TPSA) is 36.1 Å². The Labute approximate surface area is 93.4 Å². The second-order valence-corrected chi connectivity index (χ2v) is 4.36. The molecule has 0 aromatic carbocycles. The van der Waals surface area contributed by atoms with E-state index in [9.17, 15) is 0 Å². The summed E-state index contributed by atoms with van der Waals surface area (Å²) in [7, 11) is 0. The van der Waals surface area contributed by atoms with Gasteiger partial charge in [-0.05, 0) is 25.7 Å². The fourth-order valence-corrected chi connectivity index (χ4v) is 2.08. The molecule has 1 aliphatic carbocycles. The van der Waals surface area contributed by atoms with Gasteiger partial charge in [0.05, 0.1) is 12.0 Å². The average Bonchev–Trinajstić information content (AvgIpc) is 2.29. The van der Waals surface area contributed by atoms with Crippen molar-refractivity contribution in [3.8, 4) is 6.07 Å². The number of hydrogen-bond acceptors (Lipinski definition) is 2. The van der Waals surface area contributed by atoms with Crippen molar-refractivity contribution in [3.63, 3.8) is 0 Å². The smallest absolute Gasteiger partial charge is 0.0841 e. The summed E-state index contributed by atoms with van der Waals surface area (Å²) in [6.07, 6.45) is 9.58. The SMILES string of the molecule is CCCCCCN=C1CCCCC1C#N. The van der Waals surface area contributed by atoms with E-state index in [4.69, 9.17) is 5.26 Å². The van der Waals surface area contributed by atoms with Gasteiger partial charge in [0.25, 0.3) is 0 Å². The highest BCUT2D eigenvalue weighted by Gasteiger charge is 2.18. The molecule has 0 spiro atoms. The highest BCUT2D eigenvalue weighted by atomic mass is 14.7. The van der Waals surface area contributed by atoms with Crippen molar-refractivity contribution in [1.82, 2.24) is 0 Å². The molecular formula is C13H22N2. The lowest BCUT2D eigenvalue weighted by Crippen LogP contribution is -2.18. The van der Waals surface area contributed by atoms with E-state index in [-0.39, 0.29) is 5.92 Å². The molecule has 0 radical (unpaired) electrons. The summed E-state index contributed by atoms with van der Waals surface area (Å²) in [6, 6.07) is 2.38. The Morgan fingerprint density at radius 3 is 2.93 bits per heavy atom. The van der Waals surface area contributed by atoms with Gasteiger partial charge in [0, 0.05) is 12.3 Å². The van der Waals surface area contributed by atoms with Crippen LogP contribution in [0.1, 0.15) is 58.3 Å². The van der Waals surface area contributed by atoms with Crippen LogP contribution in [0.25, 0.3) is 0 Å². The summed E-state index contributed by atoms with van der Waals surface area (Å²) in [6.45, 7) is 3.16. The van der Waals surface area contributed by atoms with Gasteiger partial charge in [0.2, 0.25) is 0 Å². The molecule has 0 amide bonds. The summed E-state index contributed by atoms with van der Waals surface area (Å²) < 4.78 is 0. The first-order valence-corrected chi connectivity index (χ1v) is 6.31. The van der Waals surface area contributed by atoms with E-state index < -0.39 is 0 Å². The minimum atomic E-state index is 0.130. The molecule has 1 fully saturated rings. The minimum absolute atomic E-state index is 0.130. The lowest BCUT2D eigenvalue weighted by molar-refractivity contribution is 0.594. The Morgan fingerprint density at radius 2 is 2.20 bits per heavy atom. The van der Waals surface area contributed by atoms with Crippen molar-refractivity contribution in [1.29, 1.82) is 5.26 Å². The summed E-state index contributed by atoms with van der Waals surface area (Å²) >= 11 is 0. The third-order valence-corrected chi connectivity index (χ3v) is 3.06. The minimum Gasteiger partial charge on any atom is -0.293 e. The molecule has 1 saturated carbocycles. The summed E-state index contributed by atoms with van der Waals surface area (Å²) in [5, 5.41) is 8.97. The highest BCUT2D eigenvalue weighted by Crippen LogP contribution is 2.21. The zero-order valence-corrected chi connectivity index (χ0v) is 9.84. The first kappa shape index (κ1) is 12.2. The van der Waals surface area contributed by atoms with E-state index in [1.165, 1.54) is 44.2 Å². The normalized spacial score (nSPS) is 24.0. The molecule has 1 rings (SSSR count). The van der Waals surface area contributed by atoms with Crippen LogP contribution in [0, 0.1) is 17.2 Å². The van der Waals surface area contributed by atoms with Gasteiger partial charge in [-0.25, -0.2) is 0 Å². The monoisotopic (exact) mass is 206 g/mol. The number of nitriles is 1. The fourth-order valence-electron chi connectivity index (χ4n) is 2.08. The van der Waals surface area contributed by atoms with Gasteiger partial charge in [-0.3, -0.25) is 4.99 Å². The van der Waals surface area contributed by atoms with Gasteiger partial charge in [0.1, 0.15) is 0 Å². The second-order valence-electron chi connectivity index (χ2n) is 4.36. The van der Waals surface area contributed by atoms with E-state index in [0.29, 0.717) is 0 Å². The molecule has 0 aromatic heterocycles. The van der Waals surface area contributed by atoms with Crippen LogP contribution >= 0.6 is 0 Å². The van der Waals surface area contributed by atoms with Crippen molar-refractivity contribution in [3.05, 3.63) is 0 Å². The van der Waals surface area contributed by atoms with E-state index in [1.54, 1.807) is 0 Å². The van der Waals surface area contributed by atoms with Crippen molar-refractivity contribution < 1.29 is 0 Å². The van der Waals surface area contributed by atoms with Gasteiger partial charge in [0.15, 0.2) is 0 Å². The number of aliphatic imine (C=N–C) groups is 1. The molecule has 2 nitrogen and oxygen atoms in total. The van der Waals surface area contributed by atoms with Crippen LogP contribution in [-0.2, 0) is 0 Å². The second kappa shape index (κ2) is 7.45. The van der Waals surface area contributed by atoms with Crippen LogP contribution in [0.3, 0.4) is 0 Å². The maximum Gasteiger partial charge on any atom is 0.0841 e. The third-order valence-electron chi connectivity index (χ3n) is 3.06. The first-order valence-electron chi connectivity index (χ1n) is 6.31. The number of nitrogens with zero attached hydrogens (tertiary/aromatic N) is 2. The largest absolute Gasteiger partial charge is 0.293 e. The molecule has 1 atom stereocenters. The maximum absolute atomic E-state index is 8.97. The summed E-state index contributed by atoms with van der Waals surface area (Å²) in [4.78, 5) is 4.60. The molecule has 0 saturated heterocycles. The Balaban J connectivity index is 2.27. The molecule has 84 valence electrons. The van der Waals surface area contributed by atoms with Crippen LogP contribution in [-0.4, -0.2) is 12.3 Å². The van der Waals surface area contributed by atoms with Gasteiger partial charge in [-0.2, -0.15) is 5.26 Å². The third kappa shape index (κ3) is 4.46. The number of unbranched alkanes of at least 4 members (excludes halogenated alkanes) is 3. The van der Waals surface area contributed by atoms with Gasteiger partial charge in [-0.1, -0.05) is 32.6 Å². The van der Waals surface area contributed by atoms with Gasteiger partial charge >= 0.3 is 0 Å². The van der Waals surface area contributed by atoms with Crippen LogP contribution in [0.4, 0.5) is 0 Å². The Hall–Kier alpha value is -0.840. The van der Waals surface area contributed by atoms with Gasteiger partial charge < -0.3 is 0 Å². The predicted molar refractivity (Wildman–Crippen MR) is 64.0 cm³/mol. The van der Waals surface area contributed by atoms with Crippen LogP contribution < -0.4 is 0 Å². The van der Waals surface area contributed by atoms with Crippen LogP contribution in [0.2, 0.25) is 0 Å². The number of hydrogen-bond donors (Lipinski definition) is 0. The standard InChI is InChI=1S/C13H22N2/c1-2-3-4-7-10-15-13-9-6-5-8-12(13)11-14/h12H,2-10H2,1H3. The van der Waals surface area contributed by atoms with Gasteiger partial charge in [-0.15, -0.1) is 0 Å². The summed E-state index contributed by atoms with van der Waals surface area (Å²) in [5.41, 5.74) is 1.18. The molecule has 1 unspecified atom stereocenters. The molecule has 0 aromatic rings. The lowest BCUT2D eigenvalue weighted by atomic mass is 9.88. The molecular weight excluding hydrogens is 184 g/mol. The Morgan fingerprint density at radius 1 is 1.33 bits per heavy atom. The maximum atomic E-state index is 8.97. The molecule has 0 heterocycles. The molecule has 0 bridgehead atoms. The molecule has 0 N–H and O–H groups in total. The van der Waals surface area contributed by atoms with Crippen molar-refractivity contribution >= 4 is 5.71 Å². The van der Waals surface area contributed by atoms with Crippen molar-refractivity contribution in [2.45, 2.75) is 58.3 Å². The summed E-state index contributed by atoms with van der Waals surface area (Å²) in [5.74, 6) is 0.130. The van der Waals surface area contributed by atoms with Crippen molar-refractivity contribution in [2.75, 3.05) is 6.54 Å². The van der Waals surface area contributed by atoms with E-state index in [0.717, 1.165) is 19.4 Å². The quantitative estimate of drug-likeness (QED) is 0.631. The number of rotatable bonds is 5. The zero-order chi connectivity index (χ0) is 10.9. The zero-order valence-electron chi connectivity index (χ0n) is 9.84. The first-order chi connectivity index (χ1) is 7.38. The Kier molecular flexibility index (Phi) is 6.08. The Bertz CT molecular complexity index is 237. The lowest BCUT2D eigenvalue weighted by Gasteiger charge is -2.18. The van der Waals surface area contributed by atoms with E-state index in [1.807, 2.05) is 0 Å². The van der Waals surface area contributed by atoms with Crippen LogP contribution in [0.15, 0.2) is 4.99 Å². The van der Waals surface area contributed by atoms with E-state index >= 15 is 0 Å². The molecule has 2 heteroatoms. The van der Waals surface area contributed by atoms with E-state index in [2.05, 4.69) is 18.0 Å². The van der Waals surface area contributed by atoms with Crippen LogP contribution in [0.5, 0.6) is 0 Å². The van der Waals surface area contributed by atoms with Crippen molar-refractivity contribution in [2.24, 2.45) is 10.9 Å². The molecule has 15 heavy (non-hydrogen) atoms.